The lowest BCUT2D eigenvalue weighted by Crippen LogP contribution is -2.38. The average molecular weight is 392 g/mol. The smallest absolute Gasteiger partial charge is 0.348 e. The van der Waals surface area contributed by atoms with E-state index in [2.05, 4.69) is 4.99 Å². The Morgan fingerprint density at radius 1 is 1.30 bits per heavy atom. The first-order valence-corrected chi connectivity index (χ1v) is 9.99. The van der Waals surface area contributed by atoms with Crippen LogP contribution >= 0.6 is 0 Å². The van der Waals surface area contributed by atoms with Crippen molar-refractivity contribution in [3.05, 3.63) is 46.0 Å². The summed E-state index contributed by atoms with van der Waals surface area (Å²) in [5, 5.41) is 9.90. The molecule has 1 N–H and O–H groups in total. The predicted molar refractivity (Wildman–Crippen MR) is 102 cm³/mol. The van der Waals surface area contributed by atoms with Gasteiger partial charge in [0.25, 0.3) is 0 Å². The van der Waals surface area contributed by atoms with E-state index in [0.29, 0.717) is 30.1 Å². The van der Waals surface area contributed by atoms with Crippen molar-refractivity contribution in [3.8, 4) is 11.5 Å². The Bertz CT molecular complexity index is 1040. The zero-order chi connectivity index (χ0) is 19.6. The minimum absolute atomic E-state index is 0.0800. The third kappa shape index (κ3) is 3.97. The van der Waals surface area contributed by atoms with Gasteiger partial charge in [-0.3, -0.25) is 9.30 Å². The number of rotatable bonds is 4. The molecule has 1 aliphatic rings. The highest BCUT2D eigenvalue weighted by Crippen LogP contribution is 2.35. The van der Waals surface area contributed by atoms with Crippen LogP contribution in [-0.4, -0.2) is 39.1 Å². The molecule has 0 amide bonds. The van der Waals surface area contributed by atoms with E-state index in [9.17, 15) is 18.3 Å². The molecule has 3 rings (SSSR count). The predicted octanol–water partition coefficient (Wildman–Crippen LogP) is 2.34. The Hall–Kier alpha value is -2.81. The summed E-state index contributed by atoms with van der Waals surface area (Å²) < 4.78 is 36.4. The van der Waals surface area contributed by atoms with Crippen molar-refractivity contribution < 1.29 is 22.7 Å². The Morgan fingerprint density at radius 2 is 2.07 bits per heavy atom. The molecule has 8 nitrogen and oxygen atoms in total. The fraction of sp³-hybridized carbons (Fsp3) is 0.333. The Balaban J connectivity index is 2.00. The van der Waals surface area contributed by atoms with Gasteiger partial charge in [-0.2, -0.15) is 0 Å². The van der Waals surface area contributed by atoms with Crippen LogP contribution in [0, 0.1) is 6.92 Å². The first-order chi connectivity index (χ1) is 12.8. The van der Waals surface area contributed by atoms with E-state index >= 15 is 0 Å². The SMILES string of the molecule is COc1ccc(N=Cc2c(O)cc(C)oc2=O)cc1N1CCCCS1(=O)=O. The van der Waals surface area contributed by atoms with Crippen molar-refractivity contribution in [1.29, 1.82) is 0 Å². The molecule has 2 heterocycles. The van der Waals surface area contributed by atoms with Gasteiger partial charge in [-0.15, -0.1) is 0 Å². The molecule has 0 spiro atoms. The number of hydrogen-bond donors (Lipinski definition) is 1. The molecule has 144 valence electrons. The molecular formula is C18H20N2O6S. The molecule has 0 unspecified atom stereocenters. The van der Waals surface area contributed by atoms with E-state index in [4.69, 9.17) is 9.15 Å². The zero-order valence-electron chi connectivity index (χ0n) is 15.0. The summed E-state index contributed by atoms with van der Waals surface area (Å²) in [4.78, 5) is 16.0. The molecule has 1 saturated heterocycles. The van der Waals surface area contributed by atoms with E-state index < -0.39 is 15.6 Å². The van der Waals surface area contributed by atoms with Crippen LogP contribution in [0.3, 0.4) is 0 Å². The van der Waals surface area contributed by atoms with Crippen molar-refractivity contribution in [3.63, 3.8) is 0 Å². The van der Waals surface area contributed by atoms with E-state index in [-0.39, 0.29) is 22.8 Å². The maximum absolute atomic E-state index is 12.4. The highest BCUT2D eigenvalue weighted by atomic mass is 32.2. The molecule has 27 heavy (non-hydrogen) atoms. The van der Waals surface area contributed by atoms with Crippen LogP contribution in [0.5, 0.6) is 11.5 Å². The molecule has 2 aromatic rings. The van der Waals surface area contributed by atoms with Gasteiger partial charge in [-0.05, 0) is 38.0 Å². The van der Waals surface area contributed by atoms with Gasteiger partial charge in [-0.1, -0.05) is 0 Å². The second-order valence-electron chi connectivity index (χ2n) is 6.15. The fourth-order valence-corrected chi connectivity index (χ4v) is 4.52. The van der Waals surface area contributed by atoms with E-state index in [0.717, 1.165) is 6.42 Å². The number of sulfonamides is 1. The third-order valence-electron chi connectivity index (χ3n) is 4.21. The highest BCUT2D eigenvalue weighted by Gasteiger charge is 2.28. The summed E-state index contributed by atoms with van der Waals surface area (Å²) in [5.74, 6) is 0.552. The van der Waals surface area contributed by atoms with E-state index in [1.54, 1.807) is 25.1 Å². The fourth-order valence-electron chi connectivity index (χ4n) is 2.88. The van der Waals surface area contributed by atoms with Gasteiger partial charge in [0.1, 0.15) is 22.8 Å². The minimum atomic E-state index is -3.41. The summed E-state index contributed by atoms with van der Waals surface area (Å²) in [6.07, 6.45) is 2.58. The lowest BCUT2D eigenvalue weighted by Gasteiger charge is -2.29. The van der Waals surface area contributed by atoms with Crippen LogP contribution in [0.15, 0.2) is 38.5 Å². The molecular weight excluding hydrogens is 372 g/mol. The minimum Gasteiger partial charge on any atom is -0.507 e. The monoisotopic (exact) mass is 392 g/mol. The molecule has 0 saturated carbocycles. The first kappa shape index (κ1) is 19.0. The quantitative estimate of drug-likeness (QED) is 0.800. The summed E-state index contributed by atoms with van der Waals surface area (Å²) in [7, 11) is -1.95. The second kappa shape index (κ2) is 7.43. The van der Waals surface area contributed by atoms with Crippen molar-refractivity contribution in [2.75, 3.05) is 23.7 Å². The number of methoxy groups -OCH3 is 1. The number of aliphatic imine (C=N–C) groups is 1. The average Bonchev–Trinajstić information content (AvgIpc) is 2.60. The van der Waals surface area contributed by atoms with Crippen LogP contribution < -0.4 is 14.7 Å². The standard InChI is InChI=1S/C18H20N2O6S/c1-12-9-16(21)14(18(22)26-12)11-19-13-5-6-17(25-2)15(10-13)20-7-3-4-8-27(20,23)24/h5-6,9-11,21H,3-4,7-8H2,1-2H3. The second-order valence-corrected chi connectivity index (χ2v) is 8.17. The van der Waals surface area contributed by atoms with Crippen molar-refractivity contribution in [2.45, 2.75) is 19.8 Å². The number of nitrogens with zero attached hydrogens (tertiary/aromatic N) is 2. The van der Waals surface area contributed by atoms with E-state index in [1.807, 2.05) is 0 Å². The summed E-state index contributed by atoms with van der Waals surface area (Å²) in [6.45, 7) is 1.92. The van der Waals surface area contributed by atoms with Gasteiger partial charge < -0.3 is 14.3 Å². The van der Waals surface area contributed by atoms with Gasteiger partial charge in [0.15, 0.2) is 0 Å². The van der Waals surface area contributed by atoms with Gasteiger partial charge in [0.2, 0.25) is 10.0 Å². The van der Waals surface area contributed by atoms with Gasteiger partial charge in [-0.25, -0.2) is 13.2 Å². The van der Waals surface area contributed by atoms with Crippen LogP contribution in [-0.2, 0) is 10.0 Å². The van der Waals surface area contributed by atoms with Crippen molar-refractivity contribution in [1.82, 2.24) is 0 Å². The molecule has 0 aliphatic carbocycles. The molecule has 0 radical (unpaired) electrons. The summed E-state index contributed by atoms with van der Waals surface area (Å²) in [5.41, 5.74) is 0.0186. The van der Waals surface area contributed by atoms with Crippen LogP contribution in [0.25, 0.3) is 0 Å². The number of aryl methyl sites for hydroxylation is 1. The maximum atomic E-state index is 12.4. The van der Waals surface area contributed by atoms with Crippen molar-refractivity contribution >= 4 is 27.6 Å². The number of hydrogen-bond acceptors (Lipinski definition) is 7. The molecule has 1 aromatic heterocycles. The van der Waals surface area contributed by atoms with Crippen LogP contribution in [0.4, 0.5) is 11.4 Å². The van der Waals surface area contributed by atoms with Crippen molar-refractivity contribution in [2.24, 2.45) is 4.99 Å². The largest absolute Gasteiger partial charge is 0.507 e. The lowest BCUT2D eigenvalue weighted by atomic mass is 10.2. The lowest BCUT2D eigenvalue weighted by molar-refractivity contribution is 0.415. The van der Waals surface area contributed by atoms with Gasteiger partial charge in [0.05, 0.1) is 24.2 Å². The topological polar surface area (TPSA) is 109 Å². The summed E-state index contributed by atoms with van der Waals surface area (Å²) >= 11 is 0. The molecule has 1 aliphatic heterocycles. The number of anilines is 1. The number of ether oxygens (including phenoxy) is 1. The maximum Gasteiger partial charge on any atom is 0.348 e. The first-order valence-electron chi connectivity index (χ1n) is 8.38. The molecule has 1 fully saturated rings. The molecule has 9 heteroatoms. The van der Waals surface area contributed by atoms with E-state index in [1.165, 1.54) is 23.7 Å². The normalized spacial score (nSPS) is 16.6. The number of aromatic hydroxyl groups is 1. The van der Waals surface area contributed by atoms with Gasteiger partial charge in [0, 0.05) is 18.8 Å². The highest BCUT2D eigenvalue weighted by molar-refractivity contribution is 7.92. The summed E-state index contributed by atoms with van der Waals surface area (Å²) in [6, 6.07) is 6.14. The molecule has 0 atom stereocenters. The molecule has 0 bridgehead atoms. The van der Waals surface area contributed by atoms with Crippen LogP contribution in [0.2, 0.25) is 0 Å². The number of benzene rings is 1. The third-order valence-corrected chi connectivity index (χ3v) is 6.07. The Morgan fingerprint density at radius 3 is 2.74 bits per heavy atom. The Labute approximate surface area is 156 Å². The Kier molecular flexibility index (Phi) is 5.22. The molecule has 1 aromatic carbocycles. The van der Waals surface area contributed by atoms with Gasteiger partial charge >= 0.3 is 5.63 Å². The zero-order valence-corrected chi connectivity index (χ0v) is 15.8. The van der Waals surface area contributed by atoms with Crippen LogP contribution in [0.1, 0.15) is 24.2 Å².